The van der Waals surface area contributed by atoms with Gasteiger partial charge in [-0.25, -0.2) is 0 Å². The van der Waals surface area contributed by atoms with Crippen molar-refractivity contribution in [2.75, 3.05) is 6.61 Å². The fourth-order valence-corrected chi connectivity index (χ4v) is 2.10. The minimum atomic E-state index is -1.47. The first-order valence-corrected chi connectivity index (χ1v) is 8.32. The zero-order valence-electron chi connectivity index (χ0n) is 15.2. The Bertz CT molecular complexity index is 733. The average Bonchev–Trinajstić information content (AvgIpc) is 2.59. The molecule has 0 bridgehead atoms. The standard InChI is InChI=1S/C20H25NO5/c1-14(21-26-13-20(2,3)24)17-5-4-6-18(11-17)25-12-15-7-9-16(10-8-15)19(22)23/h4-11,19,22-24H,12-13H2,1-3H3. The fraction of sp³-hybridized carbons (Fsp3) is 0.350. The lowest BCUT2D eigenvalue weighted by atomic mass is 10.1. The lowest BCUT2D eigenvalue weighted by molar-refractivity contribution is -0.0425. The second kappa shape index (κ2) is 8.80. The lowest BCUT2D eigenvalue weighted by Gasteiger charge is -2.15. The number of ether oxygens (including phenoxy) is 1. The van der Waals surface area contributed by atoms with Crippen molar-refractivity contribution in [1.82, 2.24) is 0 Å². The van der Waals surface area contributed by atoms with Crippen LogP contribution >= 0.6 is 0 Å². The van der Waals surface area contributed by atoms with Gasteiger partial charge in [-0.1, -0.05) is 41.6 Å². The fourth-order valence-electron chi connectivity index (χ4n) is 2.10. The molecule has 0 unspecified atom stereocenters. The maximum atomic E-state index is 9.63. The summed E-state index contributed by atoms with van der Waals surface area (Å²) in [6.45, 7) is 5.60. The zero-order chi connectivity index (χ0) is 19.2. The van der Waals surface area contributed by atoms with Gasteiger partial charge >= 0.3 is 0 Å². The molecule has 0 heterocycles. The molecule has 0 atom stereocenters. The van der Waals surface area contributed by atoms with E-state index in [1.54, 1.807) is 38.1 Å². The number of benzene rings is 2. The number of nitrogens with zero attached hydrogens (tertiary/aromatic N) is 1. The predicted octanol–water partition coefficient (Wildman–Crippen LogP) is 2.76. The highest BCUT2D eigenvalue weighted by atomic mass is 16.6. The quantitative estimate of drug-likeness (QED) is 0.383. The van der Waals surface area contributed by atoms with Gasteiger partial charge in [-0.15, -0.1) is 0 Å². The highest BCUT2D eigenvalue weighted by Gasteiger charge is 2.13. The minimum absolute atomic E-state index is 0.110. The molecule has 2 aromatic rings. The first-order chi connectivity index (χ1) is 12.2. The Balaban J connectivity index is 1.97. The third-order valence-electron chi connectivity index (χ3n) is 3.55. The molecular formula is C20H25NO5. The van der Waals surface area contributed by atoms with Crippen LogP contribution < -0.4 is 4.74 Å². The molecular weight excluding hydrogens is 334 g/mol. The van der Waals surface area contributed by atoms with Crippen molar-refractivity contribution in [2.45, 2.75) is 39.3 Å². The summed E-state index contributed by atoms with van der Waals surface area (Å²) in [7, 11) is 0. The van der Waals surface area contributed by atoms with E-state index in [1.807, 2.05) is 31.2 Å². The van der Waals surface area contributed by atoms with Crippen molar-refractivity contribution in [3.8, 4) is 5.75 Å². The van der Waals surface area contributed by atoms with Gasteiger partial charge in [0.1, 0.15) is 19.0 Å². The summed E-state index contributed by atoms with van der Waals surface area (Å²) in [6, 6.07) is 14.3. The van der Waals surface area contributed by atoms with Gasteiger partial charge in [-0.05, 0) is 38.5 Å². The molecule has 0 saturated heterocycles. The summed E-state index contributed by atoms with van der Waals surface area (Å²) in [5.41, 5.74) is 1.96. The van der Waals surface area contributed by atoms with E-state index >= 15 is 0 Å². The van der Waals surface area contributed by atoms with Crippen LogP contribution in [0.3, 0.4) is 0 Å². The summed E-state index contributed by atoms with van der Waals surface area (Å²) in [5, 5.41) is 31.8. The van der Waals surface area contributed by atoms with E-state index in [1.165, 1.54) is 0 Å². The molecule has 0 amide bonds. The number of aliphatic hydroxyl groups excluding tert-OH is 1. The van der Waals surface area contributed by atoms with Crippen molar-refractivity contribution in [3.63, 3.8) is 0 Å². The van der Waals surface area contributed by atoms with Gasteiger partial charge in [-0.3, -0.25) is 0 Å². The maximum absolute atomic E-state index is 9.63. The maximum Gasteiger partial charge on any atom is 0.178 e. The molecule has 0 aromatic heterocycles. The SMILES string of the molecule is CC(=NOCC(C)(C)O)c1cccc(OCc2ccc(C(O)O)cc2)c1. The largest absolute Gasteiger partial charge is 0.489 e. The monoisotopic (exact) mass is 359 g/mol. The van der Waals surface area contributed by atoms with Crippen LogP contribution in [0.25, 0.3) is 0 Å². The molecule has 0 radical (unpaired) electrons. The van der Waals surface area contributed by atoms with E-state index in [0.29, 0.717) is 23.6 Å². The topological polar surface area (TPSA) is 91.5 Å². The summed E-state index contributed by atoms with van der Waals surface area (Å²) in [5.74, 6) is 0.686. The average molecular weight is 359 g/mol. The molecule has 0 fully saturated rings. The Hall–Kier alpha value is -2.41. The summed E-state index contributed by atoms with van der Waals surface area (Å²) in [6.07, 6.45) is -1.47. The lowest BCUT2D eigenvalue weighted by Crippen LogP contribution is -2.25. The summed E-state index contributed by atoms with van der Waals surface area (Å²) >= 11 is 0. The van der Waals surface area contributed by atoms with Crippen molar-refractivity contribution in [3.05, 3.63) is 65.2 Å². The van der Waals surface area contributed by atoms with Crippen molar-refractivity contribution in [2.24, 2.45) is 5.16 Å². The third-order valence-corrected chi connectivity index (χ3v) is 3.55. The third kappa shape index (κ3) is 6.48. The van der Waals surface area contributed by atoms with Crippen molar-refractivity contribution < 1.29 is 24.9 Å². The smallest absolute Gasteiger partial charge is 0.178 e. The molecule has 6 nitrogen and oxygen atoms in total. The molecule has 6 heteroatoms. The number of aliphatic hydroxyl groups is 3. The van der Waals surface area contributed by atoms with Gasteiger partial charge in [-0.2, -0.15) is 0 Å². The molecule has 2 rings (SSSR count). The van der Waals surface area contributed by atoms with Gasteiger partial charge in [0.15, 0.2) is 6.29 Å². The Kier molecular flexibility index (Phi) is 6.74. The van der Waals surface area contributed by atoms with E-state index in [2.05, 4.69) is 5.16 Å². The molecule has 140 valence electrons. The Morgan fingerprint density at radius 3 is 2.42 bits per heavy atom. The van der Waals surface area contributed by atoms with E-state index in [9.17, 15) is 5.11 Å². The summed E-state index contributed by atoms with van der Waals surface area (Å²) in [4.78, 5) is 5.17. The first-order valence-electron chi connectivity index (χ1n) is 8.32. The molecule has 3 N–H and O–H groups in total. The van der Waals surface area contributed by atoms with Crippen LogP contribution in [0, 0.1) is 0 Å². The highest BCUT2D eigenvalue weighted by Crippen LogP contribution is 2.17. The van der Waals surface area contributed by atoms with Crippen LogP contribution in [0.2, 0.25) is 0 Å². The van der Waals surface area contributed by atoms with Gasteiger partial charge in [0.2, 0.25) is 0 Å². The van der Waals surface area contributed by atoms with Crippen LogP contribution in [0.4, 0.5) is 0 Å². The number of oxime groups is 1. The van der Waals surface area contributed by atoms with Crippen LogP contribution in [-0.2, 0) is 11.4 Å². The van der Waals surface area contributed by atoms with Gasteiger partial charge in [0.05, 0.1) is 11.3 Å². The van der Waals surface area contributed by atoms with Gasteiger partial charge in [0, 0.05) is 11.1 Å². The second-order valence-corrected chi connectivity index (χ2v) is 6.69. The van der Waals surface area contributed by atoms with Crippen LogP contribution in [-0.4, -0.2) is 33.2 Å². The van der Waals surface area contributed by atoms with Gasteiger partial charge < -0.3 is 24.9 Å². The second-order valence-electron chi connectivity index (χ2n) is 6.69. The summed E-state index contributed by atoms with van der Waals surface area (Å²) < 4.78 is 5.78. The van der Waals surface area contributed by atoms with Crippen LogP contribution in [0.15, 0.2) is 53.7 Å². The predicted molar refractivity (Wildman–Crippen MR) is 98.9 cm³/mol. The van der Waals surface area contributed by atoms with Gasteiger partial charge in [0.25, 0.3) is 0 Å². The van der Waals surface area contributed by atoms with E-state index < -0.39 is 11.9 Å². The van der Waals surface area contributed by atoms with E-state index in [0.717, 1.165) is 11.1 Å². The Morgan fingerprint density at radius 1 is 1.12 bits per heavy atom. The highest BCUT2D eigenvalue weighted by molar-refractivity contribution is 5.98. The Morgan fingerprint density at radius 2 is 1.81 bits per heavy atom. The zero-order valence-corrected chi connectivity index (χ0v) is 15.2. The van der Waals surface area contributed by atoms with E-state index in [-0.39, 0.29) is 6.61 Å². The Labute approximate surface area is 153 Å². The van der Waals surface area contributed by atoms with Crippen molar-refractivity contribution >= 4 is 5.71 Å². The molecule has 26 heavy (non-hydrogen) atoms. The number of hydrogen-bond acceptors (Lipinski definition) is 6. The first kappa shape index (κ1) is 19.9. The van der Waals surface area contributed by atoms with Crippen LogP contribution in [0.1, 0.15) is 43.8 Å². The number of rotatable bonds is 8. The number of hydrogen-bond donors (Lipinski definition) is 3. The molecule has 0 aliphatic carbocycles. The normalized spacial score (nSPS) is 12.3. The molecule has 0 spiro atoms. The minimum Gasteiger partial charge on any atom is -0.489 e. The molecule has 0 aliphatic rings. The molecule has 0 saturated carbocycles. The van der Waals surface area contributed by atoms with Crippen LogP contribution in [0.5, 0.6) is 5.75 Å². The van der Waals surface area contributed by atoms with Crippen molar-refractivity contribution in [1.29, 1.82) is 0 Å². The molecule has 2 aromatic carbocycles. The van der Waals surface area contributed by atoms with E-state index in [4.69, 9.17) is 19.8 Å². The molecule has 0 aliphatic heterocycles.